The Morgan fingerprint density at radius 1 is 1.21 bits per heavy atom. The molecule has 0 spiro atoms. The number of nitrogens with one attached hydrogen (secondary N) is 2. The number of amides is 1. The number of anilines is 2. The lowest BCUT2D eigenvalue weighted by atomic mass is 10.1. The predicted octanol–water partition coefficient (Wildman–Crippen LogP) is 2.58. The molecule has 0 bridgehead atoms. The first-order valence-corrected chi connectivity index (χ1v) is 11.1. The molecule has 1 aliphatic carbocycles. The third-order valence-corrected chi connectivity index (χ3v) is 5.79. The normalized spacial score (nSPS) is 16.6. The van der Waals surface area contributed by atoms with E-state index in [2.05, 4.69) is 15.7 Å². The van der Waals surface area contributed by atoms with Gasteiger partial charge in [0.05, 0.1) is 36.8 Å². The van der Waals surface area contributed by atoms with Crippen molar-refractivity contribution in [1.82, 2.24) is 14.9 Å². The largest absolute Gasteiger partial charge is 0.379 e. The fourth-order valence-electron chi connectivity index (χ4n) is 3.59. The fraction of sp³-hybridized carbons (Fsp3) is 0.478. The highest BCUT2D eigenvalue weighted by atomic mass is 19.1. The van der Waals surface area contributed by atoms with Crippen molar-refractivity contribution >= 4 is 17.3 Å². The summed E-state index contributed by atoms with van der Waals surface area (Å²) in [7, 11) is 0. The summed E-state index contributed by atoms with van der Waals surface area (Å²) in [6.07, 6.45) is 3.36. The van der Waals surface area contributed by atoms with Gasteiger partial charge in [-0.1, -0.05) is 6.07 Å². The summed E-state index contributed by atoms with van der Waals surface area (Å²) in [5.41, 5.74) is 1.52. The minimum Gasteiger partial charge on any atom is -0.379 e. The van der Waals surface area contributed by atoms with Crippen LogP contribution in [-0.2, 0) is 16.1 Å². The van der Waals surface area contributed by atoms with Gasteiger partial charge in [-0.2, -0.15) is 4.39 Å². The number of hydrogen-bond donors (Lipinski definition) is 2. The van der Waals surface area contributed by atoms with Crippen LogP contribution in [0.25, 0.3) is 0 Å². The van der Waals surface area contributed by atoms with Crippen molar-refractivity contribution in [3.05, 3.63) is 57.5 Å². The molecule has 8 nitrogen and oxygen atoms in total. The molecule has 2 fully saturated rings. The van der Waals surface area contributed by atoms with Gasteiger partial charge in [0.2, 0.25) is 5.82 Å². The van der Waals surface area contributed by atoms with Crippen molar-refractivity contribution in [3.63, 3.8) is 0 Å². The van der Waals surface area contributed by atoms with Crippen LogP contribution in [0.5, 0.6) is 0 Å². The molecule has 33 heavy (non-hydrogen) atoms. The van der Waals surface area contributed by atoms with Crippen molar-refractivity contribution in [1.29, 1.82) is 0 Å². The summed E-state index contributed by atoms with van der Waals surface area (Å²) in [5.74, 6) is -2.09. The van der Waals surface area contributed by atoms with E-state index in [1.54, 1.807) is 13.0 Å². The average Bonchev–Trinajstić information content (AvgIpc) is 3.63. The fourth-order valence-corrected chi connectivity index (χ4v) is 3.59. The zero-order valence-corrected chi connectivity index (χ0v) is 18.5. The van der Waals surface area contributed by atoms with E-state index in [-0.39, 0.29) is 17.8 Å². The van der Waals surface area contributed by atoms with E-state index >= 15 is 4.39 Å². The number of hydrogen-bond acceptors (Lipinski definition) is 6. The Bertz CT molecular complexity index is 1070. The van der Waals surface area contributed by atoms with Gasteiger partial charge in [0.1, 0.15) is 5.82 Å². The Labute approximate surface area is 190 Å². The zero-order valence-electron chi connectivity index (χ0n) is 18.5. The molecule has 1 amide bonds. The maximum atomic E-state index is 15.2. The number of ether oxygens (including phenoxy) is 1. The Hall–Kier alpha value is -2.82. The molecule has 0 atom stereocenters. The standard InChI is InChI=1S/C23H28F2N4O4/c1-15-2-5-19(18(24)12-15)26-21-17(22(30)27-33-14-16-3-4-16)13-29(23(31)20(21)25)7-6-28-8-10-32-11-9-28/h2,5,12-13,16,26H,3-4,6-11,14H2,1H3,(H,27,30). The monoisotopic (exact) mass is 462 g/mol. The second-order valence-electron chi connectivity index (χ2n) is 8.48. The third kappa shape index (κ3) is 5.95. The molecule has 178 valence electrons. The number of hydroxylamine groups is 1. The number of aromatic nitrogens is 1. The van der Waals surface area contributed by atoms with E-state index in [4.69, 9.17) is 9.57 Å². The number of pyridine rings is 1. The molecule has 2 aromatic rings. The molecule has 4 rings (SSSR count). The lowest BCUT2D eigenvalue weighted by Gasteiger charge is -2.26. The van der Waals surface area contributed by atoms with Crippen LogP contribution in [0.3, 0.4) is 0 Å². The summed E-state index contributed by atoms with van der Waals surface area (Å²) >= 11 is 0. The minimum absolute atomic E-state index is 0.0436. The number of nitrogens with zero attached hydrogens (tertiary/aromatic N) is 2. The number of benzene rings is 1. The third-order valence-electron chi connectivity index (χ3n) is 5.79. The van der Waals surface area contributed by atoms with E-state index in [1.807, 2.05) is 0 Å². The summed E-state index contributed by atoms with van der Waals surface area (Å²) in [5, 5.41) is 2.60. The number of carbonyl (C=O) groups excluding carboxylic acids is 1. The molecule has 10 heteroatoms. The van der Waals surface area contributed by atoms with E-state index < -0.39 is 28.8 Å². The molecule has 1 aromatic heterocycles. The predicted molar refractivity (Wildman–Crippen MR) is 118 cm³/mol. The SMILES string of the molecule is Cc1ccc(Nc2c(C(=O)NOCC3CC3)cn(CCN3CCOCC3)c(=O)c2F)c(F)c1. The van der Waals surface area contributed by atoms with Crippen LogP contribution in [0.15, 0.2) is 29.2 Å². The lowest BCUT2D eigenvalue weighted by Crippen LogP contribution is -2.40. The van der Waals surface area contributed by atoms with Crippen molar-refractivity contribution in [3.8, 4) is 0 Å². The first-order chi connectivity index (χ1) is 15.9. The molecule has 2 N–H and O–H groups in total. The van der Waals surface area contributed by atoms with Crippen LogP contribution < -0.4 is 16.4 Å². The molecule has 2 heterocycles. The average molecular weight is 462 g/mol. The zero-order chi connectivity index (χ0) is 23.4. The van der Waals surface area contributed by atoms with Crippen LogP contribution >= 0.6 is 0 Å². The molecule has 0 radical (unpaired) electrons. The van der Waals surface area contributed by atoms with Crippen LogP contribution in [0, 0.1) is 24.5 Å². The number of halogens is 2. The van der Waals surface area contributed by atoms with Gasteiger partial charge in [-0.25, -0.2) is 9.87 Å². The van der Waals surface area contributed by atoms with Gasteiger partial charge in [0, 0.05) is 32.4 Å². The highest BCUT2D eigenvalue weighted by molar-refractivity contribution is 5.99. The van der Waals surface area contributed by atoms with Crippen molar-refractivity contribution < 1.29 is 23.1 Å². The molecular weight excluding hydrogens is 434 g/mol. The van der Waals surface area contributed by atoms with Crippen LogP contribution in [0.2, 0.25) is 0 Å². The Morgan fingerprint density at radius 3 is 2.67 bits per heavy atom. The first kappa shape index (κ1) is 23.3. The molecule has 1 saturated heterocycles. The van der Waals surface area contributed by atoms with E-state index in [0.717, 1.165) is 17.4 Å². The minimum atomic E-state index is -1.16. The maximum absolute atomic E-state index is 15.2. The first-order valence-electron chi connectivity index (χ1n) is 11.1. The Kier molecular flexibility index (Phi) is 7.36. The maximum Gasteiger partial charge on any atom is 0.288 e. The van der Waals surface area contributed by atoms with Crippen molar-refractivity contribution in [2.24, 2.45) is 5.92 Å². The van der Waals surface area contributed by atoms with E-state index in [1.165, 1.54) is 18.3 Å². The Morgan fingerprint density at radius 2 is 1.97 bits per heavy atom. The van der Waals surface area contributed by atoms with Crippen molar-refractivity contribution in [2.75, 3.05) is 44.8 Å². The number of morpholine rings is 1. The Balaban J connectivity index is 1.61. The van der Waals surface area contributed by atoms with Crippen LogP contribution in [-0.4, -0.2) is 54.8 Å². The molecule has 0 unspecified atom stereocenters. The summed E-state index contributed by atoms with van der Waals surface area (Å²) < 4.78 is 36.1. The van der Waals surface area contributed by atoms with Gasteiger partial charge in [0.25, 0.3) is 11.5 Å². The van der Waals surface area contributed by atoms with Gasteiger partial charge < -0.3 is 14.6 Å². The molecular formula is C23H28F2N4O4. The highest BCUT2D eigenvalue weighted by Crippen LogP contribution is 2.29. The van der Waals surface area contributed by atoms with Crippen LogP contribution in [0.1, 0.15) is 28.8 Å². The van der Waals surface area contributed by atoms with Crippen LogP contribution in [0.4, 0.5) is 20.2 Å². The number of aryl methyl sites for hydroxylation is 1. The van der Waals surface area contributed by atoms with Crippen molar-refractivity contribution in [2.45, 2.75) is 26.3 Å². The second kappa shape index (κ2) is 10.4. The molecule has 1 aromatic carbocycles. The smallest absolute Gasteiger partial charge is 0.288 e. The van der Waals surface area contributed by atoms with Gasteiger partial charge in [-0.3, -0.25) is 19.3 Å². The quantitative estimate of drug-likeness (QED) is 0.558. The number of rotatable bonds is 9. The summed E-state index contributed by atoms with van der Waals surface area (Å²) in [4.78, 5) is 32.9. The molecule has 1 saturated carbocycles. The van der Waals surface area contributed by atoms with Gasteiger partial charge in [-0.15, -0.1) is 0 Å². The lowest BCUT2D eigenvalue weighted by molar-refractivity contribution is 0.0269. The highest BCUT2D eigenvalue weighted by Gasteiger charge is 2.25. The molecule has 2 aliphatic rings. The van der Waals surface area contributed by atoms with E-state index in [0.29, 0.717) is 50.9 Å². The van der Waals surface area contributed by atoms with Gasteiger partial charge >= 0.3 is 0 Å². The second-order valence-corrected chi connectivity index (χ2v) is 8.48. The summed E-state index contributed by atoms with van der Waals surface area (Å²) in [6, 6.07) is 4.35. The van der Waals surface area contributed by atoms with Gasteiger partial charge in [0.15, 0.2) is 0 Å². The summed E-state index contributed by atoms with van der Waals surface area (Å²) in [6.45, 7) is 5.40. The number of carbonyl (C=O) groups is 1. The topological polar surface area (TPSA) is 84.8 Å². The molecule has 1 aliphatic heterocycles. The van der Waals surface area contributed by atoms with Gasteiger partial charge in [-0.05, 0) is 43.4 Å². The van der Waals surface area contributed by atoms with E-state index in [9.17, 15) is 14.0 Å².